The highest BCUT2D eigenvalue weighted by Crippen LogP contribution is 2.26. The zero-order valence-corrected chi connectivity index (χ0v) is 15.1. The van der Waals surface area contributed by atoms with Crippen LogP contribution in [0, 0.1) is 24.0 Å². The van der Waals surface area contributed by atoms with Crippen molar-refractivity contribution in [2.45, 2.75) is 32.7 Å². The van der Waals surface area contributed by atoms with Gasteiger partial charge in [-0.25, -0.2) is 4.79 Å². The maximum atomic E-state index is 12.8. The average molecular weight is 372 g/mol. The van der Waals surface area contributed by atoms with Crippen LogP contribution in [0.15, 0.2) is 24.4 Å². The van der Waals surface area contributed by atoms with Crippen molar-refractivity contribution in [2.24, 2.45) is 0 Å². The van der Waals surface area contributed by atoms with Gasteiger partial charge in [-0.05, 0) is 38.3 Å². The Balaban J connectivity index is 1.70. The van der Waals surface area contributed by atoms with Crippen LogP contribution in [-0.4, -0.2) is 49.7 Å². The predicted molar refractivity (Wildman–Crippen MR) is 95.9 cm³/mol. The SMILES string of the molecule is Cc1cc([N+](=O)[O-])ccc1C(=O)N1CCC(n2ncc(C(=O)O)c2C)CC1. The van der Waals surface area contributed by atoms with Gasteiger partial charge in [0.05, 0.1) is 22.9 Å². The van der Waals surface area contributed by atoms with E-state index in [1.54, 1.807) is 23.4 Å². The zero-order valence-electron chi connectivity index (χ0n) is 15.1. The fourth-order valence-electron chi connectivity index (χ4n) is 3.49. The van der Waals surface area contributed by atoms with Crippen LogP contribution >= 0.6 is 0 Å². The van der Waals surface area contributed by atoms with E-state index >= 15 is 0 Å². The summed E-state index contributed by atoms with van der Waals surface area (Å²) in [7, 11) is 0. The van der Waals surface area contributed by atoms with Gasteiger partial charge < -0.3 is 10.0 Å². The Morgan fingerprint density at radius 1 is 1.22 bits per heavy atom. The summed E-state index contributed by atoms with van der Waals surface area (Å²) in [6, 6.07) is 4.28. The van der Waals surface area contributed by atoms with Crippen molar-refractivity contribution in [2.75, 3.05) is 13.1 Å². The van der Waals surface area contributed by atoms with E-state index in [-0.39, 0.29) is 23.2 Å². The molecule has 0 radical (unpaired) electrons. The van der Waals surface area contributed by atoms with Crippen molar-refractivity contribution in [1.82, 2.24) is 14.7 Å². The quantitative estimate of drug-likeness (QED) is 0.651. The van der Waals surface area contributed by atoms with E-state index in [9.17, 15) is 19.7 Å². The minimum atomic E-state index is -1.000. The van der Waals surface area contributed by atoms with E-state index in [2.05, 4.69) is 5.10 Å². The third-order valence-electron chi connectivity index (χ3n) is 5.02. The third kappa shape index (κ3) is 3.53. The van der Waals surface area contributed by atoms with Crippen molar-refractivity contribution >= 4 is 17.6 Å². The van der Waals surface area contributed by atoms with E-state index in [0.717, 1.165) is 0 Å². The fraction of sp³-hybridized carbons (Fsp3) is 0.389. The molecule has 9 heteroatoms. The molecule has 0 saturated carbocycles. The molecule has 3 rings (SSSR count). The lowest BCUT2D eigenvalue weighted by Crippen LogP contribution is -2.39. The number of piperidine rings is 1. The molecular weight excluding hydrogens is 352 g/mol. The van der Waals surface area contributed by atoms with Crippen LogP contribution < -0.4 is 0 Å². The Morgan fingerprint density at radius 3 is 2.41 bits per heavy atom. The van der Waals surface area contributed by atoms with Gasteiger partial charge in [-0.15, -0.1) is 0 Å². The van der Waals surface area contributed by atoms with E-state index in [1.165, 1.54) is 24.4 Å². The summed E-state index contributed by atoms with van der Waals surface area (Å²) < 4.78 is 1.72. The second kappa shape index (κ2) is 7.18. The Hall–Kier alpha value is -3.23. The van der Waals surface area contributed by atoms with Crippen molar-refractivity contribution in [3.8, 4) is 0 Å². The first kappa shape index (κ1) is 18.6. The van der Waals surface area contributed by atoms with Crippen LogP contribution in [0.1, 0.15) is 50.9 Å². The normalized spacial score (nSPS) is 15.0. The first-order valence-corrected chi connectivity index (χ1v) is 8.61. The topological polar surface area (TPSA) is 119 Å². The molecule has 1 amide bonds. The van der Waals surface area contributed by atoms with Crippen molar-refractivity contribution in [3.05, 3.63) is 56.9 Å². The molecule has 1 aliphatic rings. The highest BCUT2D eigenvalue weighted by atomic mass is 16.6. The smallest absolute Gasteiger partial charge is 0.339 e. The zero-order chi connectivity index (χ0) is 19.7. The molecule has 1 saturated heterocycles. The van der Waals surface area contributed by atoms with Gasteiger partial charge in [0, 0.05) is 30.8 Å². The van der Waals surface area contributed by atoms with E-state index in [4.69, 9.17) is 5.11 Å². The number of hydrogen-bond acceptors (Lipinski definition) is 5. The van der Waals surface area contributed by atoms with Crippen molar-refractivity contribution in [3.63, 3.8) is 0 Å². The first-order chi connectivity index (χ1) is 12.8. The molecule has 1 aromatic heterocycles. The summed E-state index contributed by atoms with van der Waals surface area (Å²) in [5.41, 5.74) is 1.80. The lowest BCUT2D eigenvalue weighted by atomic mass is 10.0. The maximum Gasteiger partial charge on any atom is 0.339 e. The number of non-ortho nitro benzene ring substituents is 1. The average Bonchev–Trinajstić information content (AvgIpc) is 3.03. The monoisotopic (exact) mass is 372 g/mol. The van der Waals surface area contributed by atoms with Crippen molar-refractivity contribution < 1.29 is 19.6 Å². The van der Waals surface area contributed by atoms with Gasteiger partial charge in [-0.3, -0.25) is 19.6 Å². The number of benzene rings is 1. The molecule has 1 fully saturated rings. The Labute approximate surface area is 155 Å². The minimum absolute atomic E-state index is 0.0360. The summed E-state index contributed by atoms with van der Waals surface area (Å²) >= 11 is 0. The second-order valence-corrected chi connectivity index (χ2v) is 6.67. The van der Waals surface area contributed by atoms with Gasteiger partial charge in [-0.2, -0.15) is 5.10 Å². The van der Waals surface area contributed by atoms with Gasteiger partial charge in [-0.1, -0.05) is 0 Å². The number of hydrogen-bond donors (Lipinski definition) is 1. The number of carboxylic acids is 1. The lowest BCUT2D eigenvalue weighted by molar-refractivity contribution is -0.384. The molecule has 0 atom stereocenters. The summed E-state index contributed by atoms with van der Waals surface area (Å²) in [5.74, 6) is -1.15. The number of nitro benzene ring substituents is 1. The highest BCUT2D eigenvalue weighted by Gasteiger charge is 2.28. The molecule has 2 heterocycles. The third-order valence-corrected chi connectivity index (χ3v) is 5.02. The Kier molecular flexibility index (Phi) is 4.93. The van der Waals surface area contributed by atoms with Gasteiger partial charge >= 0.3 is 5.97 Å². The van der Waals surface area contributed by atoms with Crippen LogP contribution in [0.4, 0.5) is 5.69 Å². The number of aryl methyl sites for hydroxylation is 1. The molecule has 1 aromatic carbocycles. The summed E-state index contributed by atoms with van der Waals surface area (Å²) in [5, 5.41) is 24.2. The van der Waals surface area contributed by atoms with Crippen LogP contribution in [0.25, 0.3) is 0 Å². The summed E-state index contributed by atoms with van der Waals surface area (Å²) in [6.07, 6.45) is 2.69. The van der Waals surface area contributed by atoms with Gasteiger partial charge in [0.15, 0.2) is 0 Å². The van der Waals surface area contributed by atoms with Gasteiger partial charge in [0.25, 0.3) is 11.6 Å². The van der Waals surface area contributed by atoms with E-state index in [0.29, 0.717) is 42.8 Å². The fourth-order valence-corrected chi connectivity index (χ4v) is 3.49. The molecule has 0 spiro atoms. The Bertz CT molecular complexity index is 912. The van der Waals surface area contributed by atoms with E-state index < -0.39 is 10.9 Å². The molecule has 0 bridgehead atoms. The van der Waals surface area contributed by atoms with E-state index in [1.807, 2.05) is 0 Å². The molecule has 0 unspecified atom stereocenters. The first-order valence-electron chi connectivity index (χ1n) is 8.61. The van der Waals surface area contributed by atoms with Crippen LogP contribution in [-0.2, 0) is 0 Å². The largest absolute Gasteiger partial charge is 0.478 e. The van der Waals surface area contributed by atoms with Gasteiger partial charge in [0.2, 0.25) is 0 Å². The van der Waals surface area contributed by atoms with Gasteiger partial charge in [0.1, 0.15) is 5.56 Å². The van der Waals surface area contributed by atoms with Crippen LogP contribution in [0.3, 0.4) is 0 Å². The maximum absolute atomic E-state index is 12.8. The molecule has 2 aromatic rings. The number of rotatable bonds is 4. The predicted octanol–water partition coefficient (Wildman–Crippen LogP) is 2.58. The molecule has 1 aliphatic heterocycles. The number of nitro groups is 1. The van der Waals surface area contributed by atoms with Crippen LogP contribution in [0.5, 0.6) is 0 Å². The number of aromatic carboxylic acids is 1. The number of likely N-dealkylation sites (tertiary alicyclic amines) is 1. The van der Waals surface area contributed by atoms with Crippen LogP contribution in [0.2, 0.25) is 0 Å². The number of nitrogens with zero attached hydrogens (tertiary/aromatic N) is 4. The summed E-state index contributed by atoms with van der Waals surface area (Å²) in [4.78, 5) is 36.0. The molecule has 9 nitrogen and oxygen atoms in total. The van der Waals surface area contributed by atoms with Crippen molar-refractivity contribution in [1.29, 1.82) is 0 Å². The molecule has 27 heavy (non-hydrogen) atoms. The highest BCUT2D eigenvalue weighted by molar-refractivity contribution is 5.96. The number of carboxylic acid groups (broad SMARTS) is 1. The number of carbonyl (C=O) groups is 2. The minimum Gasteiger partial charge on any atom is -0.478 e. The molecule has 142 valence electrons. The Morgan fingerprint density at radius 2 is 1.89 bits per heavy atom. The summed E-state index contributed by atoms with van der Waals surface area (Å²) in [6.45, 7) is 4.45. The standard InChI is InChI=1S/C18H20N4O5/c1-11-9-14(22(26)27)3-4-15(11)17(23)20-7-5-13(6-8-20)21-12(2)16(10-19-21)18(24)25/h3-4,9-10,13H,5-8H2,1-2H3,(H,24,25). The number of aromatic nitrogens is 2. The second-order valence-electron chi connectivity index (χ2n) is 6.67. The molecular formula is C18H20N4O5. The number of amides is 1. The molecule has 0 aliphatic carbocycles. The lowest BCUT2D eigenvalue weighted by Gasteiger charge is -2.33. The number of carbonyl (C=O) groups excluding carboxylic acids is 1. The molecule has 1 N–H and O–H groups in total.